The fourth-order valence-corrected chi connectivity index (χ4v) is 2.44. The van der Waals surface area contributed by atoms with Crippen LogP contribution in [0.25, 0.3) is 11.1 Å². The zero-order chi connectivity index (χ0) is 11.5. The van der Waals surface area contributed by atoms with Gasteiger partial charge in [-0.05, 0) is 24.0 Å². The third-order valence-electron chi connectivity index (χ3n) is 2.50. The lowest BCUT2D eigenvalue weighted by Crippen LogP contribution is -1.94. The first kappa shape index (κ1) is 10.9. The topological polar surface area (TPSA) is 52.0 Å². The van der Waals surface area contributed by atoms with E-state index in [0.29, 0.717) is 0 Å². The Morgan fingerprint density at radius 2 is 1.44 bits per heavy atom. The summed E-state index contributed by atoms with van der Waals surface area (Å²) in [5.74, 6) is 0. The van der Waals surface area contributed by atoms with Crippen molar-refractivity contribution in [3.05, 3.63) is 42.5 Å². The molecule has 0 aliphatic heterocycles. The maximum atomic E-state index is 5.98. The first-order valence-corrected chi connectivity index (χ1v) is 6.24. The number of rotatable bonds is 2. The van der Waals surface area contributed by atoms with Crippen molar-refractivity contribution in [1.82, 2.24) is 0 Å². The van der Waals surface area contributed by atoms with Crippen LogP contribution < -0.4 is 11.5 Å². The summed E-state index contributed by atoms with van der Waals surface area (Å²) in [6, 6.07) is 13.8. The zero-order valence-electron chi connectivity index (χ0n) is 9.10. The lowest BCUT2D eigenvalue weighted by Gasteiger charge is -2.11. The maximum absolute atomic E-state index is 5.98. The smallest absolute Gasteiger partial charge is 0.0458 e. The number of benzene rings is 2. The van der Waals surface area contributed by atoms with Crippen molar-refractivity contribution in [3.8, 4) is 11.1 Å². The van der Waals surface area contributed by atoms with E-state index in [-0.39, 0.29) is 0 Å². The van der Waals surface area contributed by atoms with E-state index in [1.54, 1.807) is 11.8 Å². The van der Waals surface area contributed by atoms with E-state index in [0.717, 1.165) is 27.4 Å². The molecule has 0 unspecified atom stereocenters. The van der Waals surface area contributed by atoms with Crippen LogP contribution in [0.15, 0.2) is 47.4 Å². The van der Waals surface area contributed by atoms with E-state index in [2.05, 4.69) is 0 Å². The molecule has 0 aliphatic carbocycles. The summed E-state index contributed by atoms with van der Waals surface area (Å²) >= 11 is 1.65. The standard InChI is InChI=1S/C13H14N2S/c1-16-13-10(6-4-8-12(13)15)9-5-2-3-7-11(9)14/h2-8H,14-15H2,1H3. The average molecular weight is 230 g/mol. The lowest BCUT2D eigenvalue weighted by molar-refractivity contribution is 1.45. The van der Waals surface area contributed by atoms with Gasteiger partial charge in [-0.15, -0.1) is 11.8 Å². The number of para-hydroxylation sites is 1. The molecule has 82 valence electrons. The molecule has 0 heterocycles. The Labute approximate surface area is 99.7 Å². The molecule has 2 aromatic rings. The molecule has 0 aliphatic rings. The molecule has 0 fully saturated rings. The van der Waals surface area contributed by atoms with Gasteiger partial charge in [-0.1, -0.05) is 30.3 Å². The van der Waals surface area contributed by atoms with E-state index in [1.165, 1.54) is 0 Å². The third kappa shape index (κ3) is 1.86. The van der Waals surface area contributed by atoms with Gasteiger partial charge in [0.15, 0.2) is 0 Å². The summed E-state index contributed by atoms with van der Waals surface area (Å²) in [5, 5.41) is 0. The van der Waals surface area contributed by atoms with Crippen molar-refractivity contribution in [1.29, 1.82) is 0 Å². The lowest BCUT2D eigenvalue weighted by atomic mass is 10.0. The van der Waals surface area contributed by atoms with Crippen molar-refractivity contribution in [2.45, 2.75) is 4.90 Å². The Morgan fingerprint density at radius 1 is 0.812 bits per heavy atom. The van der Waals surface area contributed by atoms with Crippen LogP contribution in [0.3, 0.4) is 0 Å². The molecule has 3 heteroatoms. The van der Waals surface area contributed by atoms with Gasteiger partial charge in [-0.25, -0.2) is 0 Å². The minimum Gasteiger partial charge on any atom is -0.398 e. The van der Waals surface area contributed by atoms with Crippen LogP contribution in [0.4, 0.5) is 11.4 Å². The normalized spacial score (nSPS) is 10.3. The third-order valence-corrected chi connectivity index (χ3v) is 3.36. The van der Waals surface area contributed by atoms with Crippen molar-refractivity contribution in [3.63, 3.8) is 0 Å². The molecular formula is C13H14N2S. The molecular weight excluding hydrogens is 216 g/mol. The van der Waals surface area contributed by atoms with E-state index in [9.17, 15) is 0 Å². The molecule has 4 N–H and O–H groups in total. The quantitative estimate of drug-likeness (QED) is 0.615. The first-order valence-electron chi connectivity index (χ1n) is 5.01. The largest absolute Gasteiger partial charge is 0.398 e. The summed E-state index contributed by atoms with van der Waals surface area (Å²) in [6.07, 6.45) is 2.02. The van der Waals surface area contributed by atoms with Crippen LogP contribution in [0.1, 0.15) is 0 Å². The fraction of sp³-hybridized carbons (Fsp3) is 0.0769. The van der Waals surface area contributed by atoms with Gasteiger partial charge in [0, 0.05) is 21.8 Å². The Balaban J connectivity index is 2.65. The highest BCUT2D eigenvalue weighted by atomic mass is 32.2. The predicted molar refractivity (Wildman–Crippen MR) is 72.5 cm³/mol. The first-order chi connectivity index (χ1) is 7.74. The molecule has 0 saturated heterocycles. The van der Waals surface area contributed by atoms with Gasteiger partial charge in [-0.3, -0.25) is 0 Å². The number of hydrogen-bond donors (Lipinski definition) is 2. The van der Waals surface area contributed by atoms with E-state index in [4.69, 9.17) is 11.5 Å². The van der Waals surface area contributed by atoms with Gasteiger partial charge in [-0.2, -0.15) is 0 Å². The van der Waals surface area contributed by atoms with Gasteiger partial charge < -0.3 is 11.5 Å². The van der Waals surface area contributed by atoms with Gasteiger partial charge in [0.25, 0.3) is 0 Å². The molecule has 0 bridgehead atoms. The zero-order valence-corrected chi connectivity index (χ0v) is 9.92. The minimum absolute atomic E-state index is 0.781. The predicted octanol–water partition coefficient (Wildman–Crippen LogP) is 3.24. The molecule has 0 aromatic heterocycles. The van der Waals surface area contributed by atoms with Crippen LogP contribution in [0.5, 0.6) is 0 Å². The van der Waals surface area contributed by atoms with Gasteiger partial charge in [0.05, 0.1) is 0 Å². The Morgan fingerprint density at radius 3 is 2.12 bits per heavy atom. The molecule has 2 nitrogen and oxygen atoms in total. The number of anilines is 2. The molecule has 2 aromatic carbocycles. The highest BCUT2D eigenvalue weighted by Gasteiger charge is 2.09. The molecule has 0 atom stereocenters. The van der Waals surface area contributed by atoms with E-state index >= 15 is 0 Å². The number of thioether (sulfide) groups is 1. The summed E-state index contributed by atoms with van der Waals surface area (Å²) in [7, 11) is 0. The molecule has 0 spiro atoms. The van der Waals surface area contributed by atoms with Crippen LogP contribution in [-0.4, -0.2) is 6.26 Å². The molecule has 0 saturated carbocycles. The average Bonchev–Trinajstić information content (AvgIpc) is 2.29. The van der Waals surface area contributed by atoms with E-state index < -0.39 is 0 Å². The second-order valence-electron chi connectivity index (χ2n) is 3.52. The summed E-state index contributed by atoms with van der Waals surface area (Å²) < 4.78 is 0. The van der Waals surface area contributed by atoms with Crippen LogP contribution >= 0.6 is 11.8 Å². The highest BCUT2D eigenvalue weighted by molar-refractivity contribution is 7.98. The second kappa shape index (κ2) is 4.49. The second-order valence-corrected chi connectivity index (χ2v) is 4.33. The fourth-order valence-electron chi connectivity index (χ4n) is 1.74. The van der Waals surface area contributed by atoms with Crippen LogP contribution in [0, 0.1) is 0 Å². The van der Waals surface area contributed by atoms with Gasteiger partial charge >= 0.3 is 0 Å². The monoisotopic (exact) mass is 230 g/mol. The number of hydrogen-bond acceptors (Lipinski definition) is 3. The van der Waals surface area contributed by atoms with E-state index in [1.807, 2.05) is 48.7 Å². The number of nitrogen functional groups attached to an aromatic ring is 2. The minimum atomic E-state index is 0.781. The molecule has 0 amide bonds. The molecule has 0 radical (unpaired) electrons. The maximum Gasteiger partial charge on any atom is 0.0458 e. The van der Waals surface area contributed by atoms with Crippen LogP contribution in [-0.2, 0) is 0 Å². The van der Waals surface area contributed by atoms with Gasteiger partial charge in [0.1, 0.15) is 0 Å². The van der Waals surface area contributed by atoms with Crippen molar-refractivity contribution in [2.24, 2.45) is 0 Å². The Bertz CT molecular complexity index is 509. The summed E-state index contributed by atoms with van der Waals surface area (Å²) in [4.78, 5) is 1.08. The van der Waals surface area contributed by atoms with Crippen molar-refractivity contribution < 1.29 is 0 Å². The van der Waals surface area contributed by atoms with Crippen molar-refractivity contribution >= 4 is 23.1 Å². The summed E-state index contributed by atoms with van der Waals surface area (Å²) in [5.41, 5.74) is 15.7. The highest BCUT2D eigenvalue weighted by Crippen LogP contribution is 2.36. The SMILES string of the molecule is CSc1c(N)cccc1-c1ccccc1N. The molecule has 2 rings (SSSR count). The van der Waals surface area contributed by atoms with Gasteiger partial charge in [0.2, 0.25) is 0 Å². The Kier molecular flexibility index (Phi) is 3.06. The number of nitrogens with two attached hydrogens (primary N) is 2. The molecule has 16 heavy (non-hydrogen) atoms. The Hall–Kier alpha value is -1.61. The van der Waals surface area contributed by atoms with Crippen molar-refractivity contribution in [2.75, 3.05) is 17.7 Å². The van der Waals surface area contributed by atoms with Crippen LogP contribution in [0.2, 0.25) is 0 Å². The summed E-state index contributed by atoms with van der Waals surface area (Å²) in [6.45, 7) is 0.